The van der Waals surface area contributed by atoms with Crippen molar-refractivity contribution in [3.63, 3.8) is 0 Å². The third kappa shape index (κ3) is 2.39. The first-order valence-electron chi connectivity index (χ1n) is 4.32. The summed E-state index contributed by atoms with van der Waals surface area (Å²) in [6, 6.07) is 6.43. The summed E-state index contributed by atoms with van der Waals surface area (Å²) in [5, 5.41) is 3.29. The Morgan fingerprint density at radius 1 is 1.43 bits per heavy atom. The first-order valence-corrected chi connectivity index (χ1v) is 5.40. The molecule has 0 saturated heterocycles. The predicted octanol–water partition coefficient (Wildman–Crippen LogP) is 2.37. The van der Waals surface area contributed by atoms with Gasteiger partial charge in [-0.1, -0.05) is 6.07 Å². The van der Waals surface area contributed by atoms with Crippen LogP contribution in [0.15, 0.2) is 23.2 Å². The third-order valence-electron chi connectivity index (χ3n) is 2.13. The second kappa shape index (κ2) is 4.98. The van der Waals surface area contributed by atoms with Crippen LogP contribution in [0.25, 0.3) is 0 Å². The highest BCUT2D eigenvalue weighted by molar-refractivity contribution is 14.1. The van der Waals surface area contributed by atoms with Crippen LogP contribution in [0.4, 0.5) is 0 Å². The van der Waals surface area contributed by atoms with Crippen molar-refractivity contribution in [3.05, 3.63) is 32.9 Å². The van der Waals surface area contributed by atoms with E-state index in [9.17, 15) is 0 Å². The van der Waals surface area contributed by atoms with E-state index in [0.717, 1.165) is 18.9 Å². The molecule has 0 atom stereocenters. The number of aryl methyl sites for hydroxylation is 1. The quantitative estimate of drug-likeness (QED) is 0.789. The molecule has 1 heterocycles. The van der Waals surface area contributed by atoms with E-state index < -0.39 is 0 Å². The molecular weight excluding hydrogens is 310 g/mol. The summed E-state index contributed by atoms with van der Waals surface area (Å²) in [4.78, 5) is 4.41. The maximum absolute atomic E-state index is 4.41. The molecule has 2 nitrogen and oxygen atoms in total. The largest absolute Gasteiger partial charge is 0.368 e. The minimum atomic E-state index is 0. The van der Waals surface area contributed by atoms with Gasteiger partial charge in [0.2, 0.25) is 0 Å². The standard InChI is InChI=1S/C10H11IN2.ClH/c1-7-2-3-8(11)6-9(7)10-12-4-5-13-10;/h2-3,6H,4-5H2,1H3,(H,12,13);1H. The van der Waals surface area contributed by atoms with E-state index in [1.165, 1.54) is 14.7 Å². The van der Waals surface area contributed by atoms with Gasteiger partial charge in [0.1, 0.15) is 5.84 Å². The van der Waals surface area contributed by atoms with Crippen LogP contribution in [0.5, 0.6) is 0 Å². The van der Waals surface area contributed by atoms with E-state index in [1.807, 2.05) is 0 Å². The number of amidine groups is 1. The topological polar surface area (TPSA) is 24.4 Å². The molecule has 1 N–H and O–H groups in total. The van der Waals surface area contributed by atoms with Crippen LogP contribution < -0.4 is 5.32 Å². The molecule has 0 bridgehead atoms. The van der Waals surface area contributed by atoms with Crippen LogP contribution in [0.1, 0.15) is 11.1 Å². The lowest BCUT2D eigenvalue weighted by molar-refractivity contribution is 0.959. The molecule has 0 radical (unpaired) electrons. The molecule has 0 aromatic heterocycles. The molecule has 76 valence electrons. The number of hydrogen-bond acceptors (Lipinski definition) is 2. The molecule has 14 heavy (non-hydrogen) atoms. The molecule has 0 spiro atoms. The summed E-state index contributed by atoms with van der Waals surface area (Å²) in [6.07, 6.45) is 0. The molecule has 0 amide bonds. The molecule has 0 saturated carbocycles. The average molecular weight is 323 g/mol. The lowest BCUT2D eigenvalue weighted by Gasteiger charge is -2.06. The highest BCUT2D eigenvalue weighted by Gasteiger charge is 2.10. The monoisotopic (exact) mass is 322 g/mol. The van der Waals surface area contributed by atoms with Gasteiger partial charge in [0.25, 0.3) is 0 Å². The van der Waals surface area contributed by atoms with Gasteiger partial charge in [-0.3, -0.25) is 4.99 Å². The molecule has 0 aliphatic carbocycles. The van der Waals surface area contributed by atoms with Crippen LogP contribution in [0.3, 0.4) is 0 Å². The second-order valence-electron chi connectivity index (χ2n) is 3.12. The van der Waals surface area contributed by atoms with E-state index in [0.29, 0.717) is 0 Å². The highest BCUT2D eigenvalue weighted by atomic mass is 127. The normalized spacial score (nSPS) is 14.3. The molecular formula is C10H12ClIN2. The zero-order valence-corrected chi connectivity index (χ0v) is 10.9. The fourth-order valence-corrected chi connectivity index (χ4v) is 1.92. The van der Waals surface area contributed by atoms with E-state index in [-0.39, 0.29) is 12.4 Å². The minimum absolute atomic E-state index is 0. The number of rotatable bonds is 1. The predicted molar refractivity (Wildman–Crippen MR) is 70.6 cm³/mol. The fraction of sp³-hybridized carbons (Fsp3) is 0.300. The van der Waals surface area contributed by atoms with Crippen molar-refractivity contribution in [1.29, 1.82) is 0 Å². The smallest absolute Gasteiger partial charge is 0.128 e. The number of hydrogen-bond donors (Lipinski definition) is 1. The summed E-state index contributed by atoms with van der Waals surface area (Å²) >= 11 is 2.33. The summed E-state index contributed by atoms with van der Waals surface area (Å²) in [5.74, 6) is 1.05. The van der Waals surface area contributed by atoms with Gasteiger partial charge in [-0.05, 0) is 47.2 Å². The molecule has 0 unspecified atom stereocenters. The van der Waals surface area contributed by atoms with E-state index >= 15 is 0 Å². The molecule has 1 aliphatic rings. The molecule has 1 aromatic rings. The maximum Gasteiger partial charge on any atom is 0.128 e. The second-order valence-corrected chi connectivity index (χ2v) is 4.36. The van der Waals surface area contributed by atoms with Gasteiger partial charge in [0, 0.05) is 15.7 Å². The van der Waals surface area contributed by atoms with Crippen LogP contribution >= 0.6 is 35.0 Å². The Labute approximate surface area is 104 Å². The third-order valence-corrected chi connectivity index (χ3v) is 2.80. The van der Waals surface area contributed by atoms with Crippen molar-refractivity contribution in [1.82, 2.24) is 5.32 Å². The Morgan fingerprint density at radius 3 is 2.86 bits per heavy atom. The summed E-state index contributed by atoms with van der Waals surface area (Å²) in [7, 11) is 0. The Hall–Kier alpha value is -0.290. The summed E-state index contributed by atoms with van der Waals surface area (Å²) in [6.45, 7) is 3.99. The summed E-state index contributed by atoms with van der Waals surface area (Å²) < 4.78 is 1.26. The lowest BCUT2D eigenvalue weighted by atomic mass is 10.1. The van der Waals surface area contributed by atoms with Crippen molar-refractivity contribution in [2.24, 2.45) is 4.99 Å². The first-order chi connectivity index (χ1) is 6.27. The van der Waals surface area contributed by atoms with E-state index in [1.54, 1.807) is 0 Å². The number of aliphatic imine (C=N–C) groups is 1. The van der Waals surface area contributed by atoms with Crippen molar-refractivity contribution in [2.75, 3.05) is 13.1 Å². The van der Waals surface area contributed by atoms with Crippen LogP contribution in [0.2, 0.25) is 0 Å². The number of benzene rings is 1. The van der Waals surface area contributed by atoms with Crippen LogP contribution in [-0.4, -0.2) is 18.9 Å². The van der Waals surface area contributed by atoms with Gasteiger partial charge in [-0.15, -0.1) is 12.4 Å². The SMILES string of the molecule is Cc1ccc(I)cc1C1=NCCN1.Cl. The molecule has 2 rings (SSSR count). The van der Waals surface area contributed by atoms with Crippen molar-refractivity contribution < 1.29 is 0 Å². The number of nitrogens with zero attached hydrogens (tertiary/aromatic N) is 1. The van der Waals surface area contributed by atoms with Gasteiger partial charge in [-0.25, -0.2) is 0 Å². The van der Waals surface area contributed by atoms with Crippen molar-refractivity contribution >= 4 is 40.8 Å². The van der Waals surface area contributed by atoms with Crippen LogP contribution in [0, 0.1) is 10.5 Å². The molecule has 0 fully saturated rings. The zero-order valence-electron chi connectivity index (χ0n) is 7.88. The van der Waals surface area contributed by atoms with Crippen molar-refractivity contribution in [2.45, 2.75) is 6.92 Å². The maximum atomic E-state index is 4.41. The highest BCUT2D eigenvalue weighted by Crippen LogP contribution is 2.14. The minimum Gasteiger partial charge on any atom is -0.368 e. The first kappa shape index (κ1) is 11.8. The van der Waals surface area contributed by atoms with E-state index in [4.69, 9.17) is 0 Å². The van der Waals surface area contributed by atoms with Gasteiger partial charge in [0.15, 0.2) is 0 Å². The Kier molecular flexibility index (Phi) is 4.19. The zero-order chi connectivity index (χ0) is 9.26. The van der Waals surface area contributed by atoms with Crippen molar-refractivity contribution in [3.8, 4) is 0 Å². The Bertz CT molecular complexity index is 363. The average Bonchev–Trinajstić information content (AvgIpc) is 2.61. The summed E-state index contributed by atoms with van der Waals surface area (Å²) in [5.41, 5.74) is 2.53. The van der Waals surface area contributed by atoms with Gasteiger partial charge < -0.3 is 5.32 Å². The Morgan fingerprint density at radius 2 is 2.21 bits per heavy atom. The van der Waals surface area contributed by atoms with Gasteiger partial charge in [0.05, 0.1) is 6.54 Å². The van der Waals surface area contributed by atoms with Gasteiger partial charge in [-0.2, -0.15) is 0 Å². The number of halogens is 2. The molecule has 4 heteroatoms. The van der Waals surface area contributed by atoms with E-state index in [2.05, 4.69) is 58.0 Å². The Balaban J connectivity index is 0.000000980. The molecule has 1 aromatic carbocycles. The molecule has 1 aliphatic heterocycles. The fourth-order valence-electron chi connectivity index (χ4n) is 1.43. The lowest BCUT2D eigenvalue weighted by Crippen LogP contribution is -2.20. The van der Waals surface area contributed by atoms with Crippen LogP contribution in [-0.2, 0) is 0 Å². The number of nitrogens with one attached hydrogen (secondary N) is 1. The van der Waals surface area contributed by atoms with Gasteiger partial charge >= 0.3 is 0 Å².